The second kappa shape index (κ2) is 8.77. The summed E-state index contributed by atoms with van der Waals surface area (Å²) in [6.45, 7) is -0.189. The molecule has 1 aliphatic heterocycles. The van der Waals surface area contributed by atoms with Crippen LogP contribution in [0.1, 0.15) is 11.4 Å². The summed E-state index contributed by atoms with van der Waals surface area (Å²) in [5.74, 6) is -2.48. The molecule has 0 fully saturated rings. The number of hydrogen-bond donors (Lipinski definition) is 2. The van der Waals surface area contributed by atoms with Crippen molar-refractivity contribution in [3.8, 4) is 0 Å². The van der Waals surface area contributed by atoms with Crippen LogP contribution in [0.4, 0.5) is 14.5 Å². The van der Waals surface area contributed by atoms with Gasteiger partial charge in [-0.05, 0) is 36.8 Å². The Kier molecular flexibility index (Phi) is 6.21. The zero-order valence-electron chi connectivity index (χ0n) is 16.4. The minimum atomic E-state index is -4.15. The Labute approximate surface area is 190 Å². The van der Waals surface area contributed by atoms with E-state index in [1.807, 2.05) is 0 Å². The summed E-state index contributed by atoms with van der Waals surface area (Å²) >= 11 is 2.61. The minimum Gasteiger partial charge on any atom is -0.477 e. The fourth-order valence-electron chi connectivity index (χ4n) is 3.40. The Morgan fingerprint density at radius 1 is 1.16 bits per heavy atom. The van der Waals surface area contributed by atoms with E-state index in [0.717, 1.165) is 4.90 Å². The van der Waals surface area contributed by atoms with Crippen LogP contribution in [0.25, 0.3) is 16.3 Å². The number of hydrogen-bond acceptors (Lipinski definition) is 6. The SMILES string of the molecule is O=C(O)C[n+]1c(/C=C2\Sc3ccc(F)cc3N2CCCS(=O)(=O)O)sc2ccc(F)cc21. The summed E-state index contributed by atoms with van der Waals surface area (Å²) in [6, 6.07) is 8.40. The van der Waals surface area contributed by atoms with Gasteiger partial charge in [-0.1, -0.05) is 23.1 Å². The van der Waals surface area contributed by atoms with Crippen molar-refractivity contribution in [3.63, 3.8) is 0 Å². The molecular formula is C20H17F2N2O5S3+. The molecule has 2 aromatic carbocycles. The highest BCUT2D eigenvalue weighted by Crippen LogP contribution is 2.47. The van der Waals surface area contributed by atoms with Crippen molar-refractivity contribution in [1.82, 2.24) is 0 Å². The summed E-state index contributed by atoms with van der Waals surface area (Å²) in [6.07, 6.45) is 1.82. The normalized spacial score (nSPS) is 15.0. The van der Waals surface area contributed by atoms with Gasteiger partial charge in [-0.25, -0.2) is 13.6 Å². The molecule has 4 rings (SSSR count). The zero-order chi connectivity index (χ0) is 23.0. The Balaban J connectivity index is 1.77. The lowest BCUT2D eigenvalue weighted by atomic mass is 10.2. The zero-order valence-corrected chi connectivity index (χ0v) is 18.8. The standard InChI is InChI=1S/C20H16F2N2O5S3/c21-12-2-4-16-14(8-12)23(6-1-7-32(27,28)29)18(30-16)10-19-24(11-20(25)26)15-9-13(22)3-5-17(15)31-19/h2-5,8-10H,1,6-7,11H2,(H-,25,26,27,28,29)/p+1. The van der Waals surface area contributed by atoms with Crippen molar-refractivity contribution in [2.75, 3.05) is 17.2 Å². The topological polar surface area (TPSA) is 98.8 Å². The first-order chi connectivity index (χ1) is 15.1. The maximum atomic E-state index is 13.9. The van der Waals surface area contributed by atoms with Gasteiger partial charge in [0, 0.05) is 17.5 Å². The molecule has 0 unspecified atom stereocenters. The van der Waals surface area contributed by atoms with Gasteiger partial charge < -0.3 is 10.0 Å². The lowest BCUT2D eigenvalue weighted by molar-refractivity contribution is -0.657. The second-order valence-corrected chi connectivity index (χ2v) is 10.7. The largest absolute Gasteiger partial charge is 0.477 e. The van der Waals surface area contributed by atoms with Crippen molar-refractivity contribution in [1.29, 1.82) is 0 Å². The first-order valence-corrected chi connectivity index (χ1v) is 12.6. The summed E-state index contributed by atoms with van der Waals surface area (Å²) in [4.78, 5) is 13.9. The van der Waals surface area contributed by atoms with E-state index in [1.165, 1.54) is 51.9 Å². The maximum Gasteiger partial charge on any atom is 0.370 e. The van der Waals surface area contributed by atoms with Gasteiger partial charge in [0.05, 0.1) is 22.5 Å². The lowest BCUT2D eigenvalue weighted by Crippen LogP contribution is -2.39. The molecule has 1 aromatic heterocycles. The Hall–Kier alpha value is -2.54. The number of aliphatic carboxylic acids is 1. The number of nitrogens with zero attached hydrogens (tertiary/aromatic N) is 2. The molecule has 12 heteroatoms. The third-order valence-corrected chi connectivity index (χ3v) is 7.74. The highest BCUT2D eigenvalue weighted by molar-refractivity contribution is 8.03. The van der Waals surface area contributed by atoms with Gasteiger partial charge in [0.15, 0.2) is 0 Å². The van der Waals surface area contributed by atoms with E-state index >= 15 is 0 Å². The van der Waals surface area contributed by atoms with Crippen LogP contribution < -0.4 is 9.47 Å². The van der Waals surface area contributed by atoms with Gasteiger partial charge in [-0.15, -0.1) is 0 Å². The highest BCUT2D eigenvalue weighted by Gasteiger charge is 2.29. The third-order valence-electron chi connectivity index (χ3n) is 4.71. The van der Waals surface area contributed by atoms with Crippen molar-refractivity contribution in [2.24, 2.45) is 0 Å². The van der Waals surface area contributed by atoms with Crippen LogP contribution >= 0.6 is 23.1 Å². The average molecular weight is 500 g/mol. The van der Waals surface area contributed by atoms with Crippen LogP contribution in [0.5, 0.6) is 0 Å². The van der Waals surface area contributed by atoms with Crippen molar-refractivity contribution in [3.05, 3.63) is 58.1 Å². The predicted octanol–water partition coefficient (Wildman–Crippen LogP) is 3.74. The molecule has 2 N–H and O–H groups in total. The summed E-state index contributed by atoms with van der Waals surface area (Å²) in [7, 11) is -4.15. The van der Waals surface area contributed by atoms with E-state index in [9.17, 15) is 27.1 Å². The lowest BCUT2D eigenvalue weighted by Gasteiger charge is -2.19. The van der Waals surface area contributed by atoms with Crippen LogP contribution in [-0.4, -0.2) is 36.3 Å². The van der Waals surface area contributed by atoms with Crippen LogP contribution in [0.15, 0.2) is 46.3 Å². The number of halogens is 2. The van der Waals surface area contributed by atoms with Gasteiger partial charge in [0.2, 0.25) is 12.1 Å². The van der Waals surface area contributed by atoms with Crippen molar-refractivity contribution >= 4 is 61.2 Å². The van der Waals surface area contributed by atoms with Gasteiger partial charge in [-0.2, -0.15) is 13.0 Å². The van der Waals surface area contributed by atoms with E-state index in [-0.39, 0.29) is 19.5 Å². The first-order valence-electron chi connectivity index (χ1n) is 9.36. The highest BCUT2D eigenvalue weighted by atomic mass is 32.2. The fourth-order valence-corrected chi connectivity index (χ4v) is 6.16. The van der Waals surface area contributed by atoms with Crippen LogP contribution in [0.3, 0.4) is 0 Å². The van der Waals surface area contributed by atoms with Crippen molar-refractivity contribution in [2.45, 2.75) is 17.9 Å². The van der Waals surface area contributed by atoms with Gasteiger partial charge in [0.1, 0.15) is 16.3 Å². The molecule has 3 aromatic rings. The van der Waals surface area contributed by atoms with Gasteiger partial charge in [-0.3, -0.25) is 4.55 Å². The summed E-state index contributed by atoms with van der Waals surface area (Å²) < 4.78 is 61.2. The summed E-state index contributed by atoms with van der Waals surface area (Å²) in [5, 5.41) is 10.5. The number of thiazole rings is 1. The smallest absolute Gasteiger partial charge is 0.370 e. The average Bonchev–Trinajstić information content (AvgIpc) is 3.19. The number of carboxylic acids is 1. The molecule has 0 spiro atoms. The van der Waals surface area contributed by atoms with E-state index < -0.39 is 33.5 Å². The van der Waals surface area contributed by atoms with E-state index in [0.29, 0.717) is 25.9 Å². The number of carbonyl (C=O) groups is 1. The third kappa shape index (κ3) is 4.93. The number of aromatic nitrogens is 1. The second-order valence-electron chi connectivity index (χ2n) is 7.02. The Morgan fingerprint density at radius 3 is 2.59 bits per heavy atom. The molecule has 0 aliphatic carbocycles. The molecule has 7 nitrogen and oxygen atoms in total. The van der Waals surface area contributed by atoms with Crippen LogP contribution in [0.2, 0.25) is 0 Å². The quantitative estimate of drug-likeness (QED) is 0.377. The fraction of sp³-hybridized carbons (Fsp3) is 0.200. The molecule has 0 radical (unpaired) electrons. The molecule has 0 amide bonds. The molecule has 0 saturated heterocycles. The first kappa shape index (κ1) is 22.6. The van der Waals surface area contributed by atoms with E-state index in [2.05, 4.69) is 0 Å². The number of anilines is 1. The number of rotatable bonds is 7. The number of carboxylic acid groups (broad SMARTS) is 1. The number of benzene rings is 2. The molecule has 0 bridgehead atoms. The monoisotopic (exact) mass is 499 g/mol. The summed E-state index contributed by atoms with van der Waals surface area (Å²) in [5.41, 5.74) is 0.988. The molecular weight excluding hydrogens is 482 g/mol. The number of fused-ring (bicyclic) bond motifs is 2. The minimum absolute atomic E-state index is 0.0967. The molecule has 168 valence electrons. The van der Waals surface area contributed by atoms with E-state index in [4.69, 9.17) is 4.55 Å². The van der Waals surface area contributed by atoms with Crippen LogP contribution in [0, 0.1) is 11.6 Å². The molecule has 1 aliphatic rings. The number of thioether (sulfide) groups is 1. The van der Waals surface area contributed by atoms with Crippen molar-refractivity contribution < 1.29 is 36.2 Å². The van der Waals surface area contributed by atoms with E-state index in [1.54, 1.807) is 23.1 Å². The Bertz CT molecular complexity index is 1350. The Morgan fingerprint density at radius 2 is 1.88 bits per heavy atom. The molecule has 0 saturated carbocycles. The van der Waals surface area contributed by atoms with Gasteiger partial charge in [0.25, 0.3) is 15.1 Å². The predicted molar refractivity (Wildman–Crippen MR) is 118 cm³/mol. The van der Waals surface area contributed by atoms with Crippen LogP contribution in [-0.2, 0) is 21.5 Å². The molecule has 2 heterocycles. The van der Waals surface area contributed by atoms with Gasteiger partial charge >= 0.3 is 5.97 Å². The molecule has 32 heavy (non-hydrogen) atoms. The maximum absolute atomic E-state index is 13.9. The molecule has 0 atom stereocenters.